The van der Waals surface area contributed by atoms with E-state index in [0.29, 0.717) is 80.4 Å². The first kappa shape index (κ1) is 111. The molecule has 2 saturated heterocycles. The van der Waals surface area contributed by atoms with Gasteiger partial charge in [-0.15, -0.1) is 0 Å². The van der Waals surface area contributed by atoms with Crippen molar-refractivity contribution in [2.75, 3.05) is 132 Å². The topological polar surface area (TPSA) is 182 Å². The van der Waals surface area contributed by atoms with Crippen LogP contribution in [0, 0.1) is 93.2 Å². The average Bonchev–Trinajstić information content (AvgIpc) is 1.60. The Bertz CT molecular complexity index is 2660. The number of epoxide rings is 2. The second kappa shape index (κ2) is 71.9. The summed E-state index contributed by atoms with van der Waals surface area (Å²) in [6.45, 7) is 78.9. The molecule has 0 aromatic rings. The van der Waals surface area contributed by atoms with Gasteiger partial charge in [0.05, 0.1) is 224 Å². The van der Waals surface area contributed by atoms with E-state index in [9.17, 15) is 0 Å². The number of allylic oxidation sites excluding steroid dienone is 1. The molecule has 0 N–H and O–H groups in total. The number of fused-ring (bicyclic) bond motifs is 5. The number of rotatable bonds is 59. The predicted molar refractivity (Wildman–Crippen MR) is 497 cm³/mol. The first-order valence-corrected chi connectivity index (χ1v) is 45.9. The lowest BCUT2D eigenvalue weighted by Crippen LogP contribution is -2.35. The molecule has 19 heteroatoms. The van der Waals surface area contributed by atoms with Crippen molar-refractivity contribution in [3.63, 3.8) is 0 Å². The van der Waals surface area contributed by atoms with Gasteiger partial charge in [0.15, 0.2) is 0 Å². The highest BCUT2D eigenvalue weighted by Gasteiger charge is 2.52. The van der Waals surface area contributed by atoms with E-state index in [1.807, 2.05) is 0 Å². The number of hydrogen-bond donors (Lipinski definition) is 0. The molecule has 0 aromatic carbocycles. The first-order chi connectivity index (χ1) is 59.4. The van der Waals surface area contributed by atoms with Gasteiger partial charge in [-0.3, -0.25) is 0 Å². The van der Waals surface area contributed by atoms with E-state index in [-0.39, 0.29) is 10.8 Å². The van der Waals surface area contributed by atoms with Crippen molar-refractivity contribution in [2.45, 2.75) is 226 Å². The zero-order chi connectivity index (χ0) is 89.4. The molecule has 7 saturated carbocycles. The molecule has 2 heterocycles. The van der Waals surface area contributed by atoms with Crippen molar-refractivity contribution >= 4 is 0 Å². The molecule has 2 aliphatic heterocycles. The van der Waals surface area contributed by atoms with Crippen LogP contribution in [0.4, 0.5) is 0 Å². The minimum Gasteiger partial charge on any atom is -0.502 e. The SMILES string of the molecule is C=COCC(C)(C)COC=C.C=COCC(CC)(COC=C)COC=C.C=COCC1C=CC2CC(OC=C)CCC12.C=COCC1CCC(COC=C)CC1.C=COCC1CCC(COCC2CO2)CC1.C=COCCCC1CC2CCC1C2.C=COCCCC1CC2CCC1C2(C)C.C=COCCCCOC=C.C=COCCCCOCC1CO1. The Hall–Kier alpha value is -7.32. The van der Waals surface area contributed by atoms with Crippen LogP contribution in [-0.4, -0.2) is 150 Å². The molecule has 122 heavy (non-hydrogen) atoms. The van der Waals surface area contributed by atoms with E-state index in [0.717, 1.165) is 197 Å². The summed E-state index contributed by atoms with van der Waals surface area (Å²) in [6.07, 6.45) is 62.3. The normalized spacial score (nSPS) is 25.5. The lowest BCUT2D eigenvalue weighted by molar-refractivity contribution is -0.0119. The van der Waals surface area contributed by atoms with E-state index in [2.05, 4.69) is 145 Å². The minimum atomic E-state index is -0.184. The van der Waals surface area contributed by atoms with Gasteiger partial charge < -0.3 is 90.0 Å². The molecule has 0 radical (unpaired) electrons. The van der Waals surface area contributed by atoms with Crippen molar-refractivity contribution in [2.24, 2.45) is 93.2 Å². The van der Waals surface area contributed by atoms with Crippen molar-refractivity contribution < 1.29 is 90.0 Å². The Kier molecular flexibility index (Phi) is 65.3. The fourth-order valence-electron chi connectivity index (χ4n) is 17.7. The molecule has 4 bridgehead atoms. The monoisotopic (exact) mass is 1710 g/mol. The van der Waals surface area contributed by atoms with Gasteiger partial charge in [-0.2, -0.15) is 0 Å². The van der Waals surface area contributed by atoms with Crippen LogP contribution < -0.4 is 0 Å². The molecule has 0 spiro atoms. The molecule has 12 atom stereocenters. The van der Waals surface area contributed by atoms with Gasteiger partial charge in [0.2, 0.25) is 0 Å². The Labute approximate surface area is 742 Å². The van der Waals surface area contributed by atoms with Crippen molar-refractivity contribution in [3.8, 4) is 0 Å². The van der Waals surface area contributed by atoms with Crippen LogP contribution in [0.5, 0.6) is 0 Å². The summed E-state index contributed by atoms with van der Waals surface area (Å²) in [5, 5.41) is 0. The number of ether oxygens (including phenoxy) is 19. The fourth-order valence-corrected chi connectivity index (χ4v) is 17.7. The molecule has 9 fully saturated rings. The molecule has 0 amide bonds. The summed E-state index contributed by atoms with van der Waals surface area (Å²) >= 11 is 0. The Balaban J connectivity index is 0.000000467. The highest BCUT2D eigenvalue weighted by Crippen LogP contribution is 2.61. The molecule has 698 valence electrons. The van der Waals surface area contributed by atoms with Gasteiger partial charge in [-0.1, -0.05) is 152 Å². The molecule has 19 nitrogen and oxygen atoms in total. The predicted octanol–water partition coefficient (Wildman–Crippen LogP) is 24.7. The van der Waals surface area contributed by atoms with Crippen LogP contribution in [0.25, 0.3) is 0 Å². The Morgan fingerprint density at radius 3 is 1.14 bits per heavy atom. The number of unbranched alkanes of at least 4 members (excludes halogenated alkanes) is 2. The van der Waals surface area contributed by atoms with E-state index < -0.39 is 0 Å². The summed E-state index contributed by atoms with van der Waals surface area (Å²) in [7, 11) is 0. The Morgan fingerprint density at radius 1 is 0.361 bits per heavy atom. The molecule has 10 aliphatic rings. The maximum atomic E-state index is 5.64. The molecule has 12 unspecified atom stereocenters. The molecular formula is C103H172O19. The smallest absolute Gasteiger partial charge is 0.104 e. The highest BCUT2D eigenvalue weighted by molar-refractivity contribution is 5.09. The summed E-state index contributed by atoms with van der Waals surface area (Å²) < 4.78 is 98.3. The third-order valence-corrected chi connectivity index (χ3v) is 25.0. The largest absolute Gasteiger partial charge is 0.502 e. The maximum absolute atomic E-state index is 5.64. The van der Waals surface area contributed by atoms with Crippen LogP contribution >= 0.6 is 0 Å². The zero-order valence-corrected chi connectivity index (χ0v) is 77.1. The fraction of sp³-hybridized carbons (Fsp3) is 0.689. The molecular weight excluding hydrogens is 1540 g/mol. The maximum Gasteiger partial charge on any atom is 0.104 e. The van der Waals surface area contributed by atoms with Gasteiger partial charge in [0.25, 0.3) is 0 Å². The van der Waals surface area contributed by atoms with Crippen LogP contribution in [0.1, 0.15) is 208 Å². The Morgan fingerprint density at radius 2 is 0.762 bits per heavy atom. The van der Waals surface area contributed by atoms with Crippen molar-refractivity contribution in [1.29, 1.82) is 0 Å². The van der Waals surface area contributed by atoms with Crippen LogP contribution in [0.3, 0.4) is 0 Å². The average molecular weight is 1710 g/mol. The minimum absolute atomic E-state index is 0.0162. The second-order valence-corrected chi connectivity index (χ2v) is 34.8. The van der Waals surface area contributed by atoms with Crippen LogP contribution in [0.2, 0.25) is 0 Å². The van der Waals surface area contributed by atoms with Crippen molar-refractivity contribution in [3.05, 3.63) is 205 Å². The van der Waals surface area contributed by atoms with Crippen LogP contribution in [-0.2, 0) is 90.0 Å². The third kappa shape index (κ3) is 52.5. The molecule has 10 rings (SSSR count). The second-order valence-electron chi connectivity index (χ2n) is 34.8. The summed E-state index contributed by atoms with van der Waals surface area (Å²) in [5.74, 6) is 11.1. The van der Waals surface area contributed by atoms with E-state index >= 15 is 0 Å². The van der Waals surface area contributed by atoms with E-state index in [4.69, 9.17) is 90.0 Å². The number of hydrogen-bond acceptors (Lipinski definition) is 19. The van der Waals surface area contributed by atoms with E-state index in [1.165, 1.54) is 197 Å². The summed E-state index contributed by atoms with van der Waals surface area (Å²) in [5.41, 5.74) is 0.461. The third-order valence-electron chi connectivity index (χ3n) is 25.0. The summed E-state index contributed by atoms with van der Waals surface area (Å²) in [4.78, 5) is 0. The summed E-state index contributed by atoms with van der Waals surface area (Å²) in [6, 6.07) is 0. The highest BCUT2D eigenvalue weighted by atomic mass is 16.6. The van der Waals surface area contributed by atoms with Gasteiger partial charge in [0, 0.05) is 24.5 Å². The van der Waals surface area contributed by atoms with Gasteiger partial charge in [-0.25, -0.2) is 0 Å². The lowest BCUT2D eigenvalue weighted by Gasteiger charge is -2.33. The van der Waals surface area contributed by atoms with Crippen LogP contribution in [0.15, 0.2) is 205 Å². The molecule has 8 aliphatic carbocycles. The van der Waals surface area contributed by atoms with Gasteiger partial charge >= 0.3 is 0 Å². The standard InChI is InChI=1S/C14H20O2.C14H24O.C13H22O3.C12H20O3.C12H20O2.C12H20O.C9H16O3.C9H16O2.C8H14O2/c1-3-15-10-12-6-5-11-9-13(16-4-2)7-8-14(11)12;1-4-15-9-5-6-11-10-12-7-8-13(11)14(12,2)3;1-2-14-7-11-3-5-12(6-4-11)8-15-9-13-10-16-13;1-5-12(9-13-6-2,10-14-7-3)11-15-8-4;1-3-13-9-11-5-7-12(8-6-11)10-14-4-2;1-2-13-7-3-4-11-8-10-5-6-12(11)9-10;1-2-10-5-3-4-6-11-7-9-8-12-9;1-5-10-7-9(3,4)8-11-6-2;1-3-9-7-5-6-8-10-4-2/h3-6,11-14H,1-2,7-10H2;4,11-13H,1,5-10H2,2-3H3;2,11-13H,1,3-10H2;6-8H,2-5,9-11H2,1H3;3-4,11-12H,1-2,5-10H2;2,10-12H,1,3-9H2;2,9H,1,3-8H2;5-6H,1-2,7-8H2,3-4H3;3-4H,1-2,5-8H2. The van der Waals surface area contributed by atoms with Crippen molar-refractivity contribution in [1.82, 2.24) is 0 Å². The molecule has 0 aromatic heterocycles. The first-order valence-electron chi connectivity index (χ1n) is 45.9. The zero-order valence-electron chi connectivity index (χ0n) is 77.1. The van der Waals surface area contributed by atoms with Gasteiger partial charge in [-0.05, 0) is 243 Å². The quantitative estimate of drug-likeness (QED) is 0.0242. The lowest BCUT2D eigenvalue weighted by atomic mass is 9.76. The van der Waals surface area contributed by atoms with E-state index in [1.54, 1.807) is 25.0 Å². The van der Waals surface area contributed by atoms with Gasteiger partial charge in [0.1, 0.15) is 12.2 Å².